The van der Waals surface area contributed by atoms with E-state index in [1.54, 1.807) is 31.3 Å². The molecule has 0 spiro atoms. The molecular weight excluding hydrogens is 399 g/mol. The number of aliphatic hydroxyl groups is 1. The van der Waals surface area contributed by atoms with Crippen molar-refractivity contribution in [2.24, 2.45) is 5.92 Å². The Morgan fingerprint density at radius 1 is 1.23 bits per heavy atom. The summed E-state index contributed by atoms with van der Waals surface area (Å²) in [4.78, 5) is 25.5. The molecule has 1 aliphatic rings. The Morgan fingerprint density at radius 3 is 2.68 bits per heavy atom. The minimum Gasteiger partial charge on any atom is -0.470 e. The van der Waals surface area contributed by atoms with E-state index in [1.165, 1.54) is 18.3 Å². The van der Waals surface area contributed by atoms with Crippen LogP contribution in [-0.2, 0) is 6.61 Å². The van der Waals surface area contributed by atoms with Crippen LogP contribution >= 0.6 is 0 Å². The van der Waals surface area contributed by atoms with Crippen molar-refractivity contribution >= 4 is 5.91 Å². The van der Waals surface area contributed by atoms with E-state index in [4.69, 9.17) is 4.74 Å². The maximum absolute atomic E-state index is 13.4. The molecule has 1 aliphatic carbocycles. The minimum atomic E-state index is -0.950. The van der Waals surface area contributed by atoms with Crippen molar-refractivity contribution in [2.75, 3.05) is 6.54 Å². The lowest BCUT2D eigenvalue weighted by atomic mass is 10.0. The van der Waals surface area contributed by atoms with Crippen LogP contribution in [0, 0.1) is 11.7 Å². The van der Waals surface area contributed by atoms with Gasteiger partial charge in [0.2, 0.25) is 5.88 Å². The molecule has 1 fully saturated rings. The standard InChI is InChI=1S/C23H23FN4O3/c1-23(30,16-7-8-16)14-27-21(29)19-12-26-22(31-13-18-4-2-3-11-25-18)20(28-19)15-5-9-17(24)10-6-15/h2-6,9-12,16,30H,7-8,13-14H2,1H3,(H,27,29)/t23-/m0/s1. The number of nitrogens with zero attached hydrogens (tertiary/aromatic N) is 3. The fraction of sp³-hybridized carbons (Fsp3) is 0.304. The highest BCUT2D eigenvalue weighted by atomic mass is 19.1. The number of carbonyl (C=O) groups is 1. The Hall–Kier alpha value is -3.39. The first kappa shape index (κ1) is 20.9. The van der Waals surface area contributed by atoms with Crippen molar-refractivity contribution in [3.8, 4) is 17.1 Å². The molecule has 1 aromatic carbocycles. The molecule has 2 heterocycles. The van der Waals surface area contributed by atoms with Crippen molar-refractivity contribution in [3.05, 3.63) is 72.1 Å². The number of amides is 1. The first-order valence-electron chi connectivity index (χ1n) is 10.1. The summed E-state index contributed by atoms with van der Waals surface area (Å²) in [6.45, 7) is 2.01. The number of hydrogen-bond donors (Lipinski definition) is 2. The number of halogens is 1. The third-order valence-corrected chi connectivity index (χ3v) is 5.24. The zero-order valence-electron chi connectivity index (χ0n) is 17.1. The van der Waals surface area contributed by atoms with Crippen LogP contribution < -0.4 is 10.1 Å². The maximum atomic E-state index is 13.4. The molecule has 31 heavy (non-hydrogen) atoms. The molecule has 3 aromatic rings. The normalized spacial score (nSPS) is 15.2. The predicted molar refractivity (Wildman–Crippen MR) is 112 cm³/mol. The van der Waals surface area contributed by atoms with Crippen molar-refractivity contribution in [1.82, 2.24) is 20.3 Å². The van der Waals surface area contributed by atoms with E-state index in [9.17, 15) is 14.3 Å². The highest BCUT2D eigenvalue weighted by Crippen LogP contribution is 2.39. The summed E-state index contributed by atoms with van der Waals surface area (Å²) in [5, 5.41) is 13.1. The summed E-state index contributed by atoms with van der Waals surface area (Å²) >= 11 is 0. The molecule has 0 unspecified atom stereocenters. The molecule has 4 rings (SSSR count). The van der Waals surface area contributed by atoms with Gasteiger partial charge in [-0.05, 0) is 62.1 Å². The fourth-order valence-electron chi connectivity index (χ4n) is 3.21. The van der Waals surface area contributed by atoms with E-state index >= 15 is 0 Å². The van der Waals surface area contributed by atoms with Crippen LogP contribution in [0.3, 0.4) is 0 Å². The molecule has 0 aliphatic heterocycles. The van der Waals surface area contributed by atoms with E-state index in [1.807, 2.05) is 12.1 Å². The second-order valence-corrected chi connectivity index (χ2v) is 7.84. The number of aromatic nitrogens is 3. The summed E-state index contributed by atoms with van der Waals surface area (Å²) in [5.74, 6) is -0.424. The third-order valence-electron chi connectivity index (χ3n) is 5.24. The zero-order chi connectivity index (χ0) is 21.8. The van der Waals surface area contributed by atoms with Gasteiger partial charge in [0.15, 0.2) is 0 Å². The number of benzene rings is 1. The van der Waals surface area contributed by atoms with E-state index in [0.717, 1.165) is 12.8 Å². The Kier molecular flexibility index (Phi) is 5.90. The smallest absolute Gasteiger partial charge is 0.271 e. The van der Waals surface area contributed by atoms with Gasteiger partial charge in [0.25, 0.3) is 5.91 Å². The number of carbonyl (C=O) groups excluding carboxylic acids is 1. The van der Waals surface area contributed by atoms with Crippen molar-refractivity contribution in [2.45, 2.75) is 32.0 Å². The SMILES string of the molecule is C[C@](O)(CNC(=O)c1cnc(OCc2ccccn2)c(-c2ccc(F)cc2)n1)C1CC1. The predicted octanol–water partition coefficient (Wildman–Crippen LogP) is 3.15. The first-order chi connectivity index (χ1) is 14.9. The molecule has 0 radical (unpaired) electrons. The first-order valence-corrected chi connectivity index (χ1v) is 10.1. The van der Waals surface area contributed by atoms with Gasteiger partial charge in [-0.2, -0.15) is 0 Å². The van der Waals surface area contributed by atoms with E-state index in [-0.39, 0.29) is 36.5 Å². The number of pyridine rings is 1. The Morgan fingerprint density at radius 2 is 2.00 bits per heavy atom. The highest BCUT2D eigenvalue weighted by molar-refractivity contribution is 5.92. The van der Waals surface area contributed by atoms with Gasteiger partial charge in [-0.25, -0.2) is 14.4 Å². The molecule has 1 amide bonds. The Bertz CT molecular complexity index is 1050. The van der Waals surface area contributed by atoms with Gasteiger partial charge in [0, 0.05) is 18.3 Å². The van der Waals surface area contributed by atoms with Gasteiger partial charge >= 0.3 is 0 Å². The van der Waals surface area contributed by atoms with Crippen LogP contribution in [0.25, 0.3) is 11.3 Å². The maximum Gasteiger partial charge on any atom is 0.271 e. The van der Waals surface area contributed by atoms with Gasteiger partial charge in [-0.1, -0.05) is 6.07 Å². The summed E-state index contributed by atoms with van der Waals surface area (Å²) in [6, 6.07) is 11.2. The fourth-order valence-corrected chi connectivity index (χ4v) is 3.21. The molecule has 2 aromatic heterocycles. The number of ether oxygens (including phenoxy) is 1. The van der Waals surface area contributed by atoms with Crippen molar-refractivity contribution < 1.29 is 19.0 Å². The van der Waals surface area contributed by atoms with Gasteiger partial charge in [0.05, 0.1) is 17.5 Å². The molecular formula is C23H23FN4O3. The number of nitrogens with one attached hydrogen (secondary N) is 1. The Balaban J connectivity index is 1.56. The third kappa shape index (κ3) is 5.21. The summed E-state index contributed by atoms with van der Waals surface area (Å²) in [5.41, 5.74) is 0.714. The van der Waals surface area contributed by atoms with Gasteiger partial charge < -0.3 is 15.2 Å². The van der Waals surface area contributed by atoms with Gasteiger partial charge in [-0.3, -0.25) is 9.78 Å². The number of rotatable bonds is 8. The largest absolute Gasteiger partial charge is 0.470 e. The van der Waals surface area contributed by atoms with Gasteiger partial charge in [0.1, 0.15) is 23.8 Å². The molecule has 0 bridgehead atoms. The second-order valence-electron chi connectivity index (χ2n) is 7.84. The zero-order valence-corrected chi connectivity index (χ0v) is 17.1. The lowest BCUT2D eigenvalue weighted by Gasteiger charge is -2.23. The average Bonchev–Trinajstić information content (AvgIpc) is 3.64. The van der Waals surface area contributed by atoms with E-state index in [0.29, 0.717) is 17.0 Å². The molecule has 1 atom stereocenters. The quantitative estimate of drug-likeness (QED) is 0.579. The lowest BCUT2D eigenvalue weighted by Crippen LogP contribution is -2.42. The molecule has 7 nitrogen and oxygen atoms in total. The topological polar surface area (TPSA) is 97.2 Å². The minimum absolute atomic E-state index is 0.0797. The van der Waals surface area contributed by atoms with Crippen LogP contribution in [0.2, 0.25) is 0 Å². The summed E-state index contributed by atoms with van der Waals surface area (Å²) < 4.78 is 19.2. The highest BCUT2D eigenvalue weighted by Gasteiger charge is 2.40. The molecule has 2 N–H and O–H groups in total. The monoisotopic (exact) mass is 422 g/mol. The molecule has 0 saturated heterocycles. The van der Waals surface area contributed by atoms with Gasteiger partial charge in [-0.15, -0.1) is 0 Å². The Labute approximate surface area is 179 Å². The van der Waals surface area contributed by atoms with Crippen LogP contribution in [-0.4, -0.2) is 38.1 Å². The van der Waals surface area contributed by atoms with E-state index < -0.39 is 11.5 Å². The average molecular weight is 422 g/mol. The summed E-state index contributed by atoms with van der Waals surface area (Å²) in [6.07, 6.45) is 4.90. The van der Waals surface area contributed by atoms with Crippen molar-refractivity contribution in [1.29, 1.82) is 0 Å². The van der Waals surface area contributed by atoms with Crippen LogP contribution in [0.5, 0.6) is 5.88 Å². The number of hydrogen-bond acceptors (Lipinski definition) is 6. The molecule has 160 valence electrons. The van der Waals surface area contributed by atoms with Crippen LogP contribution in [0.15, 0.2) is 54.9 Å². The lowest BCUT2D eigenvalue weighted by molar-refractivity contribution is 0.0353. The van der Waals surface area contributed by atoms with Crippen LogP contribution in [0.1, 0.15) is 35.9 Å². The molecule has 8 heteroatoms. The van der Waals surface area contributed by atoms with Crippen molar-refractivity contribution in [3.63, 3.8) is 0 Å². The molecule has 1 saturated carbocycles. The van der Waals surface area contributed by atoms with E-state index in [2.05, 4.69) is 20.3 Å². The van der Waals surface area contributed by atoms with Crippen LogP contribution in [0.4, 0.5) is 4.39 Å². The second kappa shape index (κ2) is 8.77. The summed E-state index contributed by atoms with van der Waals surface area (Å²) in [7, 11) is 0.